The third-order valence-corrected chi connectivity index (χ3v) is 4.62. The Hall–Kier alpha value is -2.35. The van der Waals surface area contributed by atoms with Crippen LogP contribution in [0.25, 0.3) is 0 Å². The second-order valence-electron chi connectivity index (χ2n) is 6.71. The van der Waals surface area contributed by atoms with Crippen LogP contribution in [-0.4, -0.2) is 55.8 Å². The van der Waals surface area contributed by atoms with E-state index >= 15 is 0 Å². The number of aromatic nitrogens is 1. The van der Waals surface area contributed by atoms with Gasteiger partial charge in [0.05, 0.1) is 42.0 Å². The van der Waals surface area contributed by atoms with Gasteiger partial charge in [-0.2, -0.15) is 0 Å². The average Bonchev–Trinajstić information content (AvgIpc) is 3.11. The molecule has 0 spiro atoms. The highest BCUT2D eigenvalue weighted by molar-refractivity contribution is 5.90. The van der Waals surface area contributed by atoms with Crippen LogP contribution in [0.4, 0.5) is 16.2 Å². The van der Waals surface area contributed by atoms with Crippen molar-refractivity contribution in [1.29, 1.82) is 0 Å². The van der Waals surface area contributed by atoms with Crippen LogP contribution in [0.1, 0.15) is 25.7 Å². The van der Waals surface area contributed by atoms with Crippen LogP contribution in [0.15, 0.2) is 18.5 Å². The average molecular weight is 347 g/mol. The Labute approximate surface area is 147 Å². The number of nitrogens with one attached hydrogen (secondary N) is 3. The number of amides is 3. The minimum atomic E-state index is -0.304. The van der Waals surface area contributed by atoms with Gasteiger partial charge in [0, 0.05) is 27.1 Å². The topological polar surface area (TPSA) is 95.6 Å². The molecule has 2 fully saturated rings. The SMILES string of the molecule is CN(C)c1cncc(NC(=O)N[C@@H]2CCC(=O)N[C@H]2C2CCCO2)c1. The second kappa shape index (κ2) is 7.69. The Morgan fingerprint density at radius 1 is 1.36 bits per heavy atom. The van der Waals surface area contributed by atoms with Gasteiger partial charge < -0.3 is 25.6 Å². The van der Waals surface area contributed by atoms with Gasteiger partial charge in [-0.15, -0.1) is 0 Å². The first-order valence-corrected chi connectivity index (χ1v) is 8.64. The molecule has 3 N–H and O–H groups in total. The van der Waals surface area contributed by atoms with Gasteiger partial charge in [0.1, 0.15) is 0 Å². The molecule has 3 atom stereocenters. The van der Waals surface area contributed by atoms with Gasteiger partial charge in [-0.1, -0.05) is 0 Å². The number of rotatable bonds is 4. The van der Waals surface area contributed by atoms with E-state index in [1.54, 1.807) is 12.4 Å². The number of carbonyl (C=O) groups excluding carboxylic acids is 2. The van der Waals surface area contributed by atoms with E-state index in [9.17, 15) is 9.59 Å². The lowest BCUT2D eigenvalue weighted by molar-refractivity contribution is -0.125. The van der Waals surface area contributed by atoms with Gasteiger partial charge in [0.15, 0.2) is 0 Å². The second-order valence-corrected chi connectivity index (χ2v) is 6.71. The summed E-state index contributed by atoms with van der Waals surface area (Å²) in [7, 11) is 3.83. The molecule has 0 radical (unpaired) electrons. The molecule has 2 aliphatic heterocycles. The summed E-state index contributed by atoms with van der Waals surface area (Å²) < 4.78 is 5.71. The van der Waals surface area contributed by atoms with Crippen LogP contribution < -0.4 is 20.9 Å². The third kappa shape index (κ3) is 4.39. The summed E-state index contributed by atoms with van der Waals surface area (Å²) >= 11 is 0. The van der Waals surface area contributed by atoms with Crippen molar-refractivity contribution in [1.82, 2.24) is 15.6 Å². The molecule has 3 heterocycles. The summed E-state index contributed by atoms with van der Waals surface area (Å²) in [5, 5.41) is 8.77. The summed E-state index contributed by atoms with van der Waals surface area (Å²) in [6.07, 6.45) is 6.21. The summed E-state index contributed by atoms with van der Waals surface area (Å²) in [4.78, 5) is 30.2. The number of nitrogens with zero attached hydrogens (tertiary/aromatic N) is 2. The number of anilines is 2. The zero-order chi connectivity index (χ0) is 17.8. The molecule has 2 aliphatic rings. The fraction of sp³-hybridized carbons (Fsp3) is 0.588. The molecular formula is C17H25N5O3. The molecule has 25 heavy (non-hydrogen) atoms. The van der Waals surface area contributed by atoms with E-state index in [0.29, 0.717) is 25.1 Å². The molecule has 1 unspecified atom stereocenters. The lowest BCUT2D eigenvalue weighted by atomic mass is 9.92. The summed E-state index contributed by atoms with van der Waals surface area (Å²) in [5.41, 5.74) is 1.53. The Morgan fingerprint density at radius 2 is 2.20 bits per heavy atom. The van der Waals surface area contributed by atoms with Crippen molar-refractivity contribution in [2.75, 3.05) is 30.9 Å². The number of urea groups is 1. The van der Waals surface area contributed by atoms with Crippen LogP contribution in [0.3, 0.4) is 0 Å². The molecule has 1 aromatic heterocycles. The van der Waals surface area contributed by atoms with Crippen LogP contribution >= 0.6 is 0 Å². The summed E-state index contributed by atoms with van der Waals surface area (Å²) in [6, 6.07) is 1.22. The van der Waals surface area contributed by atoms with Gasteiger partial charge in [0.25, 0.3) is 0 Å². The highest BCUT2D eigenvalue weighted by Gasteiger charge is 2.37. The monoisotopic (exact) mass is 347 g/mol. The van der Waals surface area contributed by atoms with E-state index in [4.69, 9.17) is 4.74 Å². The van der Waals surface area contributed by atoms with Crippen molar-refractivity contribution < 1.29 is 14.3 Å². The fourth-order valence-corrected chi connectivity index (χ4v) is 3.30. The van der Waals surface area contributed by atoms with E-state index in [0.717, 1.165) is 18.5 Å². The van der Waals surface area contributed by atoms with Crippen molar-refractivity contribution in [2.24, 2.45) is 0 Å². The summed E-state index contributed by atoms with van der Waals surface area (Å²) in [5.74, 6) is 0.0156. The first-order valence-electron chi connectivity index (χ1n) is 8.64. The van der Waals surface area contributed by atoms with E-state index in [2.05, 4.69) is 20.9 Å². The van der Waals surface area contributed by atoms with E-state index in [1.165, 1.54) is 0 Å². The third-order valence-electron chi connectivity index (χ3n) is 4.62. The molecular weight excluding hydrogens is 322 g/mol. The highest BCUT2D eigenvalue weighted by atomic mass is 16.5. The zero-order valence-electron chi connectivity index (χ0n) is 14.6. The molecule has 0 aliphatic carbocycles. The summed E-state index contributed by atoms with van der Waals surface area (Å²) in [6.45, 7) is 0.707. The number of ether oxygens (including phenoxy) is 1. The predicted molar refractivity (Wildman–Crippen MR) is 94.6 cm³/mol. The van der Waals surface area contributed by atoms with E-state index < -0.39 is 0 Å². The van der Waals surface area contributed by atoms with Crippen molar-refractivity contribution in [2.45, 2.75) is 43.9 Å². The molecule has 8 heteroatoms. The Bertz CT molecular complexity index is 630. The maximum absolute atomic E-state index is 12.4. The van der Waals surface area contributed by atoms with Gasteiger partial charge in [-0.05, 0) is 25.3 Å². The first kappa shape index (κ1) is 17.5. The molecule has 0 aromatic carbocycles. The highest BCUT2D eigenvalue weighted by Crippen LogP contribution is 2.23. The van der Waals surface area contributed by atoms with Gasteiger partial charge in [-0.3, -0.25) is 9.78 Å². The number of piperidine rings is 1. The number of hydrogen-bond donors (Lipinski definition) is 3. The minimum absolute atomic E-state index is 0.0156. The standard InChI is InChI=1S/C17H25N5O3/c1-22(2)12-8-11(9-18-10-12)19-17(24)20-13-5-6-15(23)21-16(13)14-4-3-7-25-14/h8-10,13-14,16H,3-7H2,1-2H3,(H,21,23)(H2,19,20,24)/t13-,14?,16-/m1/s1. The van der Waals surface area contributed by atoms with Crippen LogP contribution in [0.5, 0.6) is 0 Å². The predicted octanol–water partition coefficient (Wildman–Crippen LogP) is 1.10. The van der Waals surface area contributed by atoms with Crippen molar-refractivity contribution >= 4 is 23.3 Å². The Kier molecular flexibility index (Phi) is 5.37. The normalized spacial score (nSPS) is 26.0. The lowest BCUT2D eigenvalue weighted by Gasteiger charge is -2.36. The molecule has 3 amide bonds. The quantitative estimate of drug-likeness (QED) is 0.758. The van der Waals surface area contributed by atoms with Crippen LogP contribution in [-0.2, 0) is 9.53 Å². The van der Waals surface area contributed by atoms with Crippen molar-refractivity contribution in [3.63, 3.8) is 0 Å². The largest absolute Gasteiger partial charge is 0.376 e. The molecule has 8 nitrogen and oxygen atoms in total. The van der Waals surface area contributed by atoms with Gasteiger partial charge in [-0.25, -0.2) is 4.79 Å². The van der Waals surface area contributed by atoms with E-state index in [1.807, 2.05) is 25.1 Å². The number of carbonyl (C=O) groups is 2. The Morgan fingerprint density at radius 3 is 2.92 bits per heavy atom. The molecule has 0 saturated carbocycles. The molecule has 1 aromatic rings. The fourth-order valence-electron chi connectivity index (χ4n) is 3.30. The number of hydrogen-bond acceptors (Lipinski definition) is 5. The van der Waals surface area contributed by atoms with E-state index in [-0.39, 0.29) is 30.1 Å². The van der Waals surface area contributed by atoms with Crippen molar-refractivity contribution in [3.8, 4) is 0 Å². The van der Waals surface area contributed by atoms with Crippen molar-refractivity contribution in [3.05, 3.63) is 18.5 Å². The van der Waals surface area contributed by atoms with Crippen LogP contribution in [0, 0.1) is 0 Å². The van der Waals surface area contributed by atoms with Gasteiger partial charge >= 0.3 is 6.03 Å². The lowest BCUT2D eigenvalue weighted by Crippen LogP contribution is -2.60. The zero-order valence-corrected chi connectivity index (χ0v) is 14.6. The Balaban J connectivity index is 1.62. The molecule has 136 valence electrons. The smallest absolute Gasteiger partial charge is 0.319 e. The minimum Gasteiger partial charge on any atom is -0.376 e. The maximum atomic E-state index is 12.4. The first-order chi connectivity index (χ1) is 12.0. The molecule has 3 rings (SSSR count). The maximum Gasteiger partial charge on any atom is 0.319 e. The molecule has 0 bridgehead atoms. The number of pyridine rings is 1. The van der Waals surface area contributed by atoms with Crippen LogP contribution in [0.2, 0.25) is 0 Å². The van der Waals surface area contributed by atoms with Gasteiger partial charge in [0.2, 0.25) is 5.91 Å². The molecule has 2 saturated heterocycles.